The van der Waals surface area contributed by atoms with E-state index in [0.717, 1.165) is 23.1 Å². The molecule has 126 valence electrons. The number of fused-ring (bicyclic) bond motifs is 1. The van der Waals surface area contributed by atoms with E-state index in [-0.39, 0.29) is 28.3 Å². The average Bonchev–Trinajstić information content (AvgIpc) is 2.84. The number of ether oxygens (including phenoxy) is 1. The Hall–Kier alpha value is -3.82. The van der Waals surface area contributed by atoms with E-state index in [9.17, 15) is 29.8 Å². The molecule has 10 nitrogen and oxygen atoms in total. The van der Waals surface area contributed by atoms with Crippen LogP contribution in [-0.2, 0) is 0 Å². The molecular weight excluding hydrogens is 334 g/mol. The molecule has 2 aromatic rings. The van der Waals surface area contributed by atoms with E-state index in [1.54, 1.807) is 0 Å². The van der Waals surface area contributed by atoms with Crippen molar-refractivity contribution in [1.82, 2.24) is 0 Å². The van der Waals surface area contributed by atoms with Gasteiger partial charge in [0.1, 0.15) is 0 Å². The average molecular weight is 343 g/mol. The fraction of sp³-hybridized carbons (Fsp3) is 0.0667. The van der Waals surface area contributed by atoms with Crippen molar-refractivity contribution in [3.8, 4) is 5.75 Å². The number of imide groups is 1. The minimum absolute atomic E-state index is 0.00549. The zero-order valence-corrected chi connectivity index (χ0v) is 12.7. The van der Waals surface area contributed by atoms with Crippen LogP contribution in [0.25, 0.3) is 0 Å². The van der Waals surface area contributed by atoms with E-state index in [2.05, 4.69) is 0 Å². The third-order valence-corrected chi connectivity index (χ3v) is 3.70. The molecule has 0 N–H and O–H groups in total. The summed E-state index contributed by atoms with van der Waals surface area (Å²) in [6.07, 6.45) is 0. The van der Waals surface area contributed by atoms with Gasteiger partial charge in [-0.1, -0.05) is 0 Å². The molecule has 2 amide bonds. The molecule has 0 aromatic heterocycles. The van der Waals surface area contributed by atoms with Crippen LogP contribution in [0, 0.1) is 20.2 Å². The van der Waals surface area contributed by atoms with Crippen LogP contribution >= 0.6 is 0 Å². The number of benzene rings is 2. The molecule has 0 aliphatic carbocycles. The van der Waals surface area contributed by atoms with E-state index in [1.807, 2.05) is 0 Å². The number of nitro groups is 2. The lowest BCUT2D eigenvalue weighted by atomic mass is 10.1. The van der Waals surface area contributed by atoms with Crippen LogP contribution in [-0.4, -0.2) is 28.8 Å². The first-order valence-corrected chi connectivity index (χ1v) is 6.85. The zero-order chi connectivity index (χ0) is 18.3. The van der Waals surface area contributed by atoms with Crippen molar-refractivity contribution in [2.75, 3.05) is 12.0 Å². The second-order valence-electron chi connectivity index (χ2n) is 5.05. The molecule has 0 saturated heterocycles. The highest BCUT2D eigenvalue weighted by Gasteiger charge is 2.38. The Balaban J connectivity index is 2.09. The number of hydrogen-bond donors (Lipinski definition) is 0. The van der Waals surface area contributed by atoms with Gasteiger partial charge in [-0.05, 0) is 18.2 Å². The van der Waals surface area contributed by atoms with Crippen molar-refractivity contribution >= 4 is 28.9 Å². The van der Waals surface area contributed by atoms with Crippen molar-refractivity contribution in [2.24, 2.45) is 0 Å². The van der Waals surface area contributed by atoms with E-state index < -0.39 is 27.3 Å². The standard InChI is InChI=1S/C15H9N3O7/c1-25-13-5-3-8(7-12(13)18(23)24)16-14(19)10-4-2-9(17(21)22)6-11(10)15(16)20/h2-7H,1H3. The summed E-state index contributed by atoms with van der Waals surface area (Å²) in [7, 11) is 1.25. The van der Waals surface area contributed by atoms with Gasteiger partial charge in [0.2, 0.25) is 0 Å². The first kappa shape index (κ1) is 16.1. The predicted molar refractivity (Wildman–Crippen MR) is 83.9 cm³/mol. The molecule has 0 spiro atoms. The second kappa shape index (κ2) is 5.67. The smallest absolute Gasteiger partial charge is 0.313 e. The molecule has 1 heterocycles. The number of nitro benzene ring substituents is 2. The van der Waals surface area contributed by atoms with Crippen LogP contribution in [0.3, 0.4) is 0 Å². The maximum absolute atomic E-state index is 12.5. The van der Waals surface area contributed by atoms with Crippen LogP contribution in [0.2, 0.25) is 0 Å². The van der Waals surface area contributed by atoms with Crippen molar-refractivity contribution in [3.63, 3.8) is 0 Å². The van der Waals surface area contributed by atoms with Crippen molar-refractivity contribution in [3.05, 3.63) is 67.8 Å². The Morgan fingerprint density at radius 2 is 1.60 bits per heavy atom. The van der Waals surface area contributed by atoms with Crippen molar-refractivity contribution in [2.45, 2.75) is 0 Å². The summed E-state index contributed by atoms with van der Waals surface area (Å²) in [5.74, 6) is -1.53. The van der Waals surface area contributed by atoms with Crippen LogP contribution in [0.5, 0.6) is 5.75 Å². The highest BCUT2D eigenvalue weighted by molar-refractivity contribution is 6.34. The summed E-state index contributed by atoms with van der Waals surface area (Å²) in [4.78, 5) is 46.3. The maximum Gasteiger partial charge on any atom is 0.313 e. The SMILES string of the molecule is COc1ccc(N2C(=O)c3ccc([N+](=O)[O-])cc3C2=O)cc1[N+](=O)[O-]. The summed E-state index contributed by atoms with van der Waals surface area (Å²) in [6.45, 7) is 0. The van der Waals surface area contributed by atoms with E-state index in [1.165, 1.54) is 25.3 Å². The first-order valence-electron chi connectivity index (χ1n) is 6.85. The molecule has 1 aliphatic rings. The summed E-state index contributed by atoms with van der Waals surface area (Å²) in [6, 6.07) is 6.93. The summed E-state index contributed by atoms with van der Waals surface area (Å²) < 4.78 is 4.88. The fourth-order valence-electron chi connectivity index (χ4n) is 2.54. The summed E-state index contributed by atoms with van der Waals surface area (Å²) in [5, 5.41) is 21.9. The number of anilines is 1. The largest absolute Gasteiger partial charge is 0.490 e. The molecule has 1 aliphatic heterocycles. The molecule has 25 heavy (non-hydrogen) atoms. The van der Waals surface area contributed by atoms with Gasteiger partial charge >= 0.3 is 5.69 Å². The van der Waals surface area contributed by atoms with Gasteiger partial charge in [0.05, 0.1) is 33.8 Å². The Bertz CT molecular complexity index is 954. The Morgan fingerprint density at radius 3 is 2.20 bits per heavy atom. The molecule has 0 radical (unpaired) electrons. The van der Waals surface area contributed by atoms with Gasteiger partial charge in [-0.15, -0.1) is 0 Å². The lowest BCUT2D eigenvalue weighted by molar-refractivity contribution is -0.385. The van der Waals surface area contributed by atoms with Crippen LogP contribution < -0.4 is 9.64 Å². The molecule has 0 fully saturated rings. The molecule has 0 bridgehead atoms. The zero-order valence-electron chi connectivity index (χ0n) is 12.7. The minimum atomic E-state index is -0.789. The highest BCUT2D eigenvalue weighted by atomic mass is 16.6. The molecule has 0 saturated carbocycles. The highest BCUT2D eigenvalue weighted by Crippen LogP contribution is 2.35. The third-order valence-electron chi connectivity index (χ3n) is 3.70. The van der Waals surface area contributed by atoms with Gasteiger partial charge < -0.3 is 4.74 Å². The first-order chi connectivity index (χ1) is 11.8. The van der Waals surface area contributed by atoms with Gasteiger partial charge in [0.25, 0.3) is 17.5 Å². The summed E-state index contributed by atoms with van der Waals surface area (Å²) >= 11 is 0. The molecule has 3 rings (SSSR count). The lowest BCUT2D eigenvalue weighted by Crippen LogP contribution is -2.29. The quantitative estimate of drug-likeness (QED) is 0.472. The number of carbonyl (C=O) groups is 2. The van der Waals surface area contributed by atoms with E-state index >= 15 is 0 Å². The van der Waals surface area contributed by atoms with Crippen LogP contribution in [0.15, 0.2) is 36.4 Å². The van der Waals surface area contributed by atoms with Crippen LogP contribution in [0.1, 0.15) is 20.7 Å². The number of methoxy groups -OCH3 is 1. The topological polar surface area (TPSA) is 133 Å². The van der Waals surface area contributed by atoms with E-state index in [4.69, 9.17) is 4.74 Å². The molecule has 0 atom stereocenters. The summed E-state index contributed by atoms with van der Waals surface area (Å²) in [5.41, 5.74) is -0.905. The Morgan fingerprint density at radius 1 is 0.920 bits per heavy atom. The van der Waals surface area contributed by atoms with Gasteiger partial charge in [-0.3, -0.25) is 29.8 Å². The number of rotatable bonds is 4. The van der Waals surface area contributed by atoms with E-state index in [0.29, 0.717) is 0 Å². The normalized spacial score (nSPS) is 12.9. The number of amides is 2. The fourth-order valence-corrected chi connectivity index (χ4v) is 2.54. The number of hydrogen-bond acceptors (Lipinski definition) is 7. The monoisotopic (exact) mass is 343 g/mol. The maximum atomic E-state index is 12.5. The van der Waals surface area contributed by atoms with Gasteiger partial charge in [-0.2, -0.15) is 0 Å². The van der Waals surface area contributed by atoms with Gasteiger partial charge in [-0.25, -0.2) is 4.90 Å². The minimum Gasteiger partial charge on any atom is -0.490 e. The Kier molecular flexibility index (Phi) is 3.64. The number of nitrogens with zero attached hydrogens (tertiary/aromatic N) is 3. The van der Waals surface area contributed by atoms with Crippen LogP contribution in [0.4, 0.5) is 17.1 Å². The van der Waals surface area contributed by atoms with Gasteiger partial charge in [0.15, 0.2) is 5.75 Å². The second-order valence-corrected chi connectivity index (χ2v) is 5.05. The van der Waals surface area contributed by atoms with Crippen molar-refractivity contribution in [1.29, 1.82) is 0 Å². The third kappa shape index (κ3) is 2.45. The van der Waals surface area contributed by atoms with Crippen molar-refractivity contribution < 1.29 is 24.2 Å². The predicted octanol–water partition coefficient (Wildman–Crippen LogP) is 2.31. The number of carbonyl (C=O) groups excluding carboxylic acids is 2. The molecule has 2 aromatic carbocycles. The lowest BCUT2D eigenvalue weighted by Gasteiger charge is -2.14. The molecule has 10 heteroatoms. The molecule has 0 unspecified atom stereocenters. The number of non-ortho nitro benzene ring substituents is 1. The molecular formula is C15H9N3O7. The van der Waals surface area contributed by atoms with Gasteiger partial charge in [0, 0.05) is 18.2 Å². The Labute approximate surface area is 139 Å².